The lowest BCUT2D eigenvalue weighted by molar-refractivity contribution is 0.387. The van der Waals surface area contributed by atoms with Crippen LogP contribution in [0.5, 0.6) is 0 Å². The average molecular weight is 421 g/mol. The summed E-state index contributed by atoms with van der Waals surface area (Å²) in [5, 5.41) is 0.547. The standard InChI is InChI=1S/C17H12BrClFN5/c18-13-1-2-14-15(4-13)25(9-20)17(23-14)12-3-11(5-21-6-12)8-24-10-22-7-16(24)19/h1-7,10H,8-9H2. The van der Waals surface area contributed by atoms with Gasteiger partial charge < -0.3 is 4.57 Å². The van der Waals surface area contributed by atoms with Crippen molar-refractivity contribution < 1.29 is 4.39 Å². The fourth-order valence-electron chi connectivity index (χ4n) is 2.75. The smallest absolute Gasteiger partial charge is 0.167 e. The molecule has 0 saturated heterocycles. The van der Waals surface area contributed by atoms with E-state index in [0.717, 1.165) is 26.6 Å². The maximum absolute atomic E-state index is 13.7. The third kappa shape index (κ3) is 3.05. The van der Waals surface area contributed by atoms with E-state index in [1.54, 1.807) is 29.5 Å². The van der Waals surface area contributed by atoms with Gasteiger partial charge in [-0.1, -0.05) is 27.5 Å². The molecule has 25 heavy (non-hydrogen) atoms. The van der Waals surface area contributed by atoms with Crippen molar-refractivity contribution in [3.8, 4) is 11.4 Å². The lowest BCUT2D eigenvalue weighted by atomic mass is 10.2. The van der Waals surface area contributed by atoms with Crippen molar-refractivity contribution in [1.82, 2.24) is 24.1 Å². The second kappa shape index (κ2) is 6.57. The molecule has 0 spiro atoms. The number of hydrogen-bond acceptors (Lipinski definition) is 3. The van der Waals surface area contributed by atoms with Gasteiger partial charge in [-0.15, -0.1) is 0 Å². The highest BCUT2D eigenvalue weighted by molar-refractivity contribution is 9.10. The normalized spacial score (nSPS) is 11.3. The molecular formula is C17H12BrClFN5. The molecule has 4 aromatic rings. The Labute approximate surface area is 156 Å². The largest absolute Gasteiger partial charge is 0.317 e. The van der Waals surface area contributed by atoms with E-state index >= 15 is 0 Å². The SMILES string of the molecule is FCn1c(-c2cncc(Cn3cncc3Cl)c2)nc2ccc(Br)cc21. The Kier molecular flexibility index (Phi) is 4.27. The summed E-state index contributed by atoms with van der Waals surface area (Å²) in [5.41, 5.74) is 3.14. The van der Waals surface area contributed by atoms with Gasteiger partial charge in [-0.3, -0.25) is 9.55 Å². The number of benzene rings is 1. The molecule has 1 aromatic carbocycles. The molecule has 0 fully saturated rings. The second-order valence-electron chi connectivity index (χ2n) is 5.54. The number of fused-ring (bicyclic) bond motifs is 1. The number of imidazole rings is 2. The van der Waals surface area contributed by atoms with E-state index in [-0.39, 0.29) is 0 Å². The predicted octanol–water partition coefficient (Wildman–Crippen LogP) is 4.69. The van der Waals surface area contributed by atoms with Gasteiger partial charge in [0, 0.05) is 22.4 Å². The summed E-state index contributed by atoms with van der Waals surface area (Å²) in [6, 6.07) is 7.54. The first-order valence-electron chi connectivity index (χ1n) is 7.47. The minimum atomic E-state index is -0.667. The van der Waals surface area contributed by atoms with Gasteiger partial charge in [-0.25, -0.2) is 14.4 Å². The van der Waals surface area contributed by atoms with Crippen molar-refractivity contribution >= 4 is 38.6 Å². The zero-order valence-corrected chi connectivity index (χ0v) is 15.2. The fourth-order valence-corrected chi connectivity index (χ4v) is 3.26. The summed E-state index contributed by atoms with van der Waals surface area (Å²) in [7, 11) is 0. The summed E-state index contributed by atoms with van der Waals surface area (Å²) in [6.07, 6.45) is 6.67. The van der Waals surface area contributed by atoms with Crippen LogP contribution in [0.3, 0.4) is 0 Å². The van der Waals surface area contributed by atoms with E-state index in [1.165, 1.54) is 4.57 Å². The van der Waals surface area contributed by atoms with Crippen LogP contribution in [0.4, 0.5) is 4.39 Å². The summed E-state index contributed by atoms with van der Waals surface area (Å²) in [5.74, 6) is 0.543. The van der Waals surface area contributed by atoms with Gasteiger partial charge in [0.1, 0.15) is 11.0 Å². The van der Waals surface area contributed by atoms with E-state index < -0.39 is 6.80 Å². The number of rotatable bonds is 4. The number of nitrogens with zero attached hydrogens (tertiary/aromatic N) is 5. The molecule has 3 aromatic heterocycles. The van der Waals surface area contributed by atoms with Gasteiger partial charge in [0.05, 0.1) is 30.1 Å². The third-order valence-electron chi connectivity index (χ3n) is 3.90. The molecule has 5 nitrogen and oxygen atoms in total. The highest BCUT2D eigenvalue weighted by Gasteiger charge is 2.14. The molecule has 126 valence electrons. The van der Waals surface area contributed by atoms with E-state index in [2.05, 4.69) is 30.9 Å². The molecule has 0 atom stereocenters. The van der Waals surface area contributed by atoms with Crippen LogP contribution in [-0.4, -0.2) is 24.1 Å². The summed E-state index contributed by atoms with van der Waals surface area (Å²) >= 11 is 9.49. The minimum absolute atomic E-state index is 0.529. The van der Waals surface area contributed by atoms with Crippen molar-refractivity contribution in [2.24, 2.45) is 0 Å². The minimum Gasteiger partial charge on any atom is -0.317 e. The van der Waals surface area contributed by atoms with E-state index in [9.17, 15) is 4.39 Å². The Morgan fingerprint density at radius 3 is 2.76 bits per heavy atom. The van der Waals surface area contributed by atoms with Gasteiger partial charge >= 0.3 is 0 Å². The number of alkyl halides is 1. The van der Waals surface area contributed by atoms with Crippen LogP contribution >= 0.6 is 27.5 Å². The van der Waals surface area contributed by atoms with E-state index in [4.69, 9.17) is 11.6 Å². The Morgan fingerprint density at radius 2 is 2.00 bits per heavy atom. The zero-order valence-electron chi connectivity index (χ0n) is 12.9. The molecule has 0 aliphatic heterocycles. The zero-order chi connectivity index (χ0) is 17.4. The molecule has 3 heterocycles. The molecule has 0 saturated carbocycles. The summed E-state index contributed by atoms with van der Waals surface area (Å²) < 4.78 is 17.9. The van der Waals surface area contributed by atoms with Crippen LogP contribution in [0, 0.1) is 0 Å². The van der Waals surface area contributed by atoms with Gasteiger partial charge in [-0.05, 0) is 29.8 Å². The maximum Gasteiger partial charge on any atom is 0.167 e. The number of hydrogen-bond donors (Lipinski definition) is 0. The maximum atomic E-state index is 13.7. The topological polar surface area (TPSA) is 48.5 Å². The third-order valence-corrected chi connectivity index (χ3v) is 4.71. The number of aromatic nitrogens is 5. The van der Waals surface area contributed by atoms with Crippen molar-refractivity contribution in [2.45, 2.75) is 13.3 Å². The molecule has 0 aliphatic carbocycles. The summed E-state index contributed by atoms with van der Waals surface area (Å²) in [6.45, 7) is -0.138. The Hall–Kier alpha value is -2.25. The van der Waals surface area contributed by atoms with Crippen LogP contribution in [0.25, 0.3) is 22.4 Å². The Morgan fingerprint density at radius 1 is 1.12 bits per heavy atom. The van der Waals surface area contributed by atoms with Crippen LogP contribution < -0.4 is 0 Å². The van der Waals surface area contributed by atoms with Crippen molar-refractivity contribution in [3.05, 3.63) is 64.4 Å². The van der Waals surface area contributed by atoms with Crippen molar-refractivity contribution in [3.63, 3.8) is 0 Å². The van der Waals surface area contributed by atoms with E-state index in [0.29, 0.717) is 17.5 Å². The van der Waals surface area contributed by atoms with Crippen LogP contribution in [0.15, 0.2) is 53.7 Å². The molecule has 0 unspecified atom stereocenters. The molecule has 0 radical (unpaired) electrons. The lowest BCUT2D eigenvalue weighted by Gasteiger charge is -2.07. The van der Waals surface area contributed by atoms with Crippen molar-refractivity contribution in [1.29, 1.82) is 0 Å². The molecule has 0 N–H and O–H groups in total. The lowest BCUT2D eigenvalue weighted by Crippen LogP contribution is -2.01. The first-order valence-corrected chi connectivity index (χ1v) is 8.64. The molecule has 0 amide bonds. The molecule has 0 bridgehead atoms. The van der Waals surface area contributed by atoms with Gasteiger partial charge in [0.25, 0.3) is 0 Å². The van der Waals surface area contributed by atoms with Gasteiger partial charge in [0.2, 0.25) is 0 Å². The summed E-state index contributed by atoms with van der Waals surface area (Å²) in [4.78, 5) is 12.8. The molecular weight excluding hydrogens is 409 g/mol. The Balaban J connectivity index is 1.78. The molecule has 8 heteroatoms. The highest BCUT2D eigenvalue weighted by Crippen LogP contribution is 2.27. The highest BCUT2D eigenvalue weighted by atomic mass is 79.9. The Bertz CT molecular complexity index is 1060. The van der Waals surface area contributed by atoms with Crippen LogP contribution in [0.2, 0.25) is 5.15 Å². The predicted molar refractivity (Wildman–Crippen MR) is 98.1 cm³/mol. The molecule has 0 aliphatic rings. The monoisotopic (exact) mass is 419 g/mol. The quantitative estimate of drug-likeness (QED) is 0.481. The van der Waals surface area contributed by atoms with Crippen LogP contribution in [0.1, 0.15) is 5.56 Å². The van der Waals surface area contributed by atoms with Gasteiger partial charge in [-0.2, -0.15) is 0 Å². The average Bonchev–Trinajstić information content (AvgIpc) is 3.18. The first-order chi connectivity index (χ1) is 12.2. The number of halogens is 3. The van der Waals surface area contributed by atoms with Crippen molar-refractivity contribution in [2.75, 3.05) is 0 Å². The second-order valence-corrected chi connectivity index (χ2v) is 6.85. The van der Waals surface area contributed by atoms with Crippen LogP contribution in [-0.2, 0) is 13.3 Å². The number of pyridine rings is 1. The van der Waals surface area contributed by atoms with Gasteiger partial charge in [0.15, 0.2) is 6.80 Å². The molecule has 4 rings (SSSR count). The first kappa shape index (κ1) is 16.2. The van der Waals surface area contributed by atoms with E-state index in [1.807, 2.05) is 24.3 Å². The fraction of sp³-hybridized carbons (Fsp3) is 0.118.